The average molecular weight is 478 g/mol. The summed E-state index contributed by atoms with van der Waals surface area (Å²) in [6, 6.07) is 13.8. The zero-order valence-electron chi connectivity index (χ0n) is 16.7. The van der Waals surface area contributed by atoms with Crippen LogP contribution in [-0.4, -0.2) is 48.5 Å². The Bertz CT molecular complexity index is 1380. The summed E-state index contributed by atoms with van der Waals surface area (Å²) in [4.78, 5) is -0.144. The van der Waals surface area contributed by atoms with Gasteiger partial charge in [-0.3, -0.25) is 0 Å². The third kappa shape index (κ3) is 4.49. The summed E-state index contributed by atoms with van der Waals surface area (Å²) < 4.78 is 52.7. The Labute approximate surface area is 187 Å². The van der Waals surface area contributed by atoms with Crippen LogP contribution in [0.15, 0.2) is 59.5 Å². The van der Waals surface area contributed by atoms with Crippen LogP contribution in [0.3, 0.4) is 0 Å². The summed E-state index contributed by atoms with van der Waals surface area (Å²) in [7, 11) is -2.31. The lowest BCUT2D eigenvalue weighted by atomic mass is 10.2. The van der Waals surface area contributed by atoms with Crippen molar-refractivity contribution in [2.75, 3.05) is 20.3 Å². The van der Waals surface area contributed by atoms with E-state index < -0.39 is 15.8 Å². The molecule has 0 saturated heterocycles. The lowest BCUT2D eigenvalue weighted by molar-refractivity contribution is 0.306. The van der Waals surface area contributed by atoms with Gasteiger partial charge in [0.1, 0.15) is 18.2 Å². The van der Waals surface area contributed by atoms with E-state index in [1.54, 1.807) is 25.3 Å². The Kier molecular flexibility index (Phi) is 6.21. The SMILES string of the molecule is COc1ccccc1-c1nnc2ccc(OCCNS(=O)(=O)c3ccc(F)c(Cl)c3)nn12. The van der Waals surface area contributed by atoms with Gasteiger partial charge in [-0.25, -0.2) is 17.5 Å². The summed E-state index contributed by atoms with van der Waals surface area (Å²) in [5.74, 6) is 0.636. The molecule has 4 aromatic rings. The van der Waals surface area contributed by atoms with Crippen molar-refractivity contribution < 1.29 is 22.3 Å². The Balaban J connectivity index is 1.45. The van der Waals surface area contributed by atoms with E-state index in [0.29, 0.717) is 22.8 Å². The van der Waals surface area contributed by atoms with Gasteiger partial charge in [0.05, 0.1) is 22.6 Å². The van der Waals surface area contributed by atoms with Crippen LogP contribution in [0.5, 0.6) is 11.6 Å². The monoisotopic (exact) mass is 477 g/mol. The third-order valence-electron chi connectivity index (χ3n) is 4.43. The zero-order valence-corrected chi connectivity index (χ0v) is 18.3. The van der Waals surface area contributed by atoms with E-state index in [1.807, 2.05) is 18.2 Å². The van der Waals surface area contributed by atoms with E-state index in [-0.39, 0.29) is 28.9 Å². The number of rotatable bonds is 8. The molecule has 0 amide bonds. The molecule has 32 heavy (non-hydrogen) atoms. The van der Waals surface area contributed by atoms with Crippen molar-refractivity contribution in [3.05, 3.63) is 65.4 Å². The highest BCUT2D eigenvalue weighted by Gasteiger charge is 2.16. The summed E-state index contributed by atoms with van der Waals surface area (Å²) in [6.45, 7) is -0.0443. The normalized spacial score (nSPS) is 11.6. The molecule has 12 heteroatoms. The maximum Gasteiger partial charge on any atom is 0.240 e. The van der Waals surface area contributed by atoms with Gasteiger partial charge >= 0.3 is 0 Å². The van der Waals surface area contributed by atoms with Crippen LogP contribution in [0.2, 0.25) is 5.02 Å². The second kappa shape index (κ2) is 9.07. The lowest BCUT2D eigenvalue weighted by Gasteiger charge is -2.09. The fourth-order valence-corrected chi connectivity index (χ4v) is 4.19. The number of aromatic nitrogens is 4. The molecule has 0 aliphatic rings. The summed E-state index contributed by atoms with van der Waals surface area (Å²) >= 11 is 5.66. The molecule has 0 aliphatic carbocycles. The number of benzene rings is 2. The first kappa shape index (κ1) is 21.9. The van der Waals surface area contributed by atoms with Gasteiger partial charge in [0.15, 0.2) is 11.5 Å². The van der Waals surface area contributed by atoms with Crippen LogP contribution >= 0.6 is 11.6 Å². The zero-order chi connectivity index (χ0) is 22.7. The number of ether oxygens (including phenoxy) is 2. The van der Waals surface area contributed by atoms with Crippen molar-refractivity contribution in [2.45, 2.75) is 4.90 Å². The molecule has 0 unspecified atom stereocenters. The van der Waals surface area contributed by atoms with Crippen LogP contribution in [-0.2, 0) is 10.0 Å². The predicted molar refractivity (Wildman–Crippen MR) is 115 cm³/mol. The van der Waals surface area contributed by atoms with E-state index in [2.05, 4.69) is 20.0 Å². The van der Waals surface area contributed by atoms with E-state index >= 15 is 0 Å². The molecule has 0 atom stereocenters. The van der Waals surface area contributed by atoms with Crippen LogP contribution in [0.25, 0.3) is 17.0 Å². The Morgan fingerprint density at radius 2 is 1.94 bits per heavy atom. The molecule has 166 valence electrons. The molecule has 0 radical (unpaired) electrons. The molecule has 0 bridgehead atoms. The van der Waals surface area contributed by atoms with Crippen molar-refractivity contribution >= 4 is 27.3 Å². The Hall–Kier alpha value is -3.28. The summed E-state index contributed by atoms with van der Waals surface area (Å²) in [5, 5.41) is 12.4. The summed E-state index contributed by atoms with van der Waals surface area (Å²) in [5.41, 5.74) is 1.21. The van der Waals surface area contributed by atoms with E-state index in [0.717, 1.165) is 18.2 Å². The van der Waals surface area contributed by atoms with Gasteiger partial charge in [-0.2, -0.15) is 4.52 Å². The van der Waals surface area contributed by atoms with Crippen molar-refractivity contribution in [3.63, 3.8) is 0 Å². The molecule has 4 rings (SSSR count). The van der Waals surface area contributed by atoms with Crippen molar-refractivity contribution in [1.82, 2.24) is 24.5 Å². The number of nitrogens with one attached hydrogen (secondary N) is 1. The number of fused-ring (bicyclic) bond motifs is 1. The number of para-hydroxylation sites is 1. The number of hydrogen-bond acceptors (Lipinski definition) is 7. The first-order chi connectivity index (χ1) is 15.4. The fraction of sp³-hybridized carbons (Fsp3) is 0.150. The Morgan fingerprint density at radius 1 is 1.12 bits per heavy atom. The minimum atomic E-state index is -3.87. The van der Waals surface area contributed by atoms with Gasteiger partial charge < -0.3 is 9.47 Å². The molecule has 2 heterocycles. The minimum absolute atomic E-state index is 0.00121. The van der Waals surface area contributed by atoms with E-state index in [1.165, 1.54) is 4.52 Å². The molecular formula is C20H17ClFN5O4S. The van der Waals surface area contributed by atoms with Crippen molar-refractivity contribution in [1.29, 1.82) is 0 Å². The highest BCUT2D eigenvalue weighted by atomic mass is 35.5. The lowest BCUT2D eigenvalue weighted by Crippen LogP contribution is -2.28. The molecule has 2 aromatic carbocycles. The first-order valence-electron chi connectivity index (χ1n) is 9.32. The quantitative estimate of drug-likeness (QED) is 0.389. The topological polar surface area (TPSA) is 108 Å². The van der Waals surface area contributed by atoms with Gasteiger partial charge in [-0.1, -0.05) is 23.7 Å². The number of methoxy groups -OCH3 is 1. The van der Waals surface area contributed by atoms with E-state index in [9.17, 15) is 12.8 Å². The molecule has 1 N–H and O–H groups in total. The number of sulfonamides is 1. The van der Waals surface area contributed by atoms with Crippen molar-refractivity contribution in [2.24, 2.45) is 0 Å². The van der Waals surface area contributed by atoms with Gasteiger partial charge in [0.2, 0.25) is 15.9 Å². The highest BCUT2D eigenvalue weighted by molar-refractivity contribution is 7.89. The molecule has 9 nitrogen and oxygen atoms in total. The smallest absolute Gasteiger partial charge is 0.240 e. The van der Waals surface area contributed by atoms with Crippen LogP contribution < -0.4 is 14.2 Å². The maximum absolute atomic E-state index is 13.3. The standard InChI is InChI=1S/C20H17ClFN5O4S/c1-30-17-5-3-2-4-14(17)20-25-24-18-8-9-19(26-27(18)20)31-11-10-23-32(28,29)13-6-7-16(22)15(21)12-13/h2-9,12,23H,10-11H2,1H3. The van der Waals surface area contributed by atoms with Crippen LogP contribution in [0.1, 0.15) is 0 Å². The molecule has 2 aromatic heterocycles. The fourth-order valence-electron chi connectivity index (χ4n) is 2.91. The number of nitrogens with zero attached hydrogens (tertiary/aromatic N) is 4. The van der Waals surface area contributed by atoms with E-state index in [4.69, 9.17) is 21.1 Å². The predicted octanol–water partition coefficient (Wildman–Crippen LogP) is 2.95. The van der Waals surface area contributed by atoms with Gasteiger partial charge in [-0.15, -0.1) is 15.3 Å². The third-order valence-corrected chi connectivity index (χ3v) is 6.18. The Morgan fingerprint density at radius 3 is 2.72 bits per heavy atom. The first-order valence-corrected chi connectivity index (χ1v) is 11.2. The average Bonchev–Trinajstić information content (AvgIpc) is 3.21. The largest absolute Gasteiger partial charge is 0.496 e. The van der Waals surface area contributed by atoms with Crippen LogP contribution in [0, 0.1) is 5.82 Å². The second-order valence-corrected chi connectivity index (χ2v) is 8.66. The molecule has 0 aliphatic heterocycles. The molecule has 0 saturated carbocycles. The van der Waals surface area contributed by atoms with Gasteiger partial charge in [0, 0.05) is 12.6 Å². The van der Waals surface area contributed by atoms with Gasteiger partial charge in [0.25, 0.3) is 0 Å². The molecule has 0 fully saturated rings. The maximum atomic E-state index is 13.3. The minimum Gasteiger partial charge on any atom is -0.496 e. The number of halogens is 2. The highest BCUT2D eigenvalue weighted by Crippen LogP contribution is 2.28. The van der Waals surface area contributed by atoms with Crippen molar-refractivity contribution in [3.8, 4) is 23.0 Å². The second-order valence-electron chi connectivity index (χ2n) is 6.49. The van der Waals surface area contributed by atoms with Crippen LogP contribution in [0.4, 0.5) is 4.39 Å². The number of hydrogen-bond donors (Lipinski definition) is 1. The van der Waals surface area contributed by atoms with Gasteiger partial charge in [-0.05, 0) is 36.4 Å². The molecular weight excluding hydrogens is 461 g/mol. The summed E-state index contributed by atoms with van der Waals surface area (Å²) in [6.07, 6.45) is 0. The molecule has 0 spiro atoms.